The van der Waals surface area contributed by atoms with Gasteiger partial charge in [0.25, 0.3) is 0 Å². The second-order valence-electron chi connectivity index (χ2n) is 2.91. The fourth-order valence-electron chi connectivity index (χ4n) is 1.15. The van der Waals surface area contributed by atoms with Gasteiger partial charge in [-0.15, -0.1) is 10.2 Å². The average molecular weight is 174 g/mol. The number of nitrogens with zero attached hydrogens (tertiary/aromatic N) is 3. The number of nitrogen functional groups attached to an aromatic ring is 1. The van der Waals surface area contributed by atoms with Crippen molar-refractivity contribution in [2.75, 3.05) is 5.73 Å². The average Bonchev–Trinajstić information content (AvgIpc) is 2.62. The van der Waals surface area contributed by atoms with E-state index in [-0.39, 0.29) is 0 Å². The summed E-state index contributed by atoms with van der Waals surface area (Å²) >= 11 is 0. The van der Waals surface area contributed by atoms with Gasteiger partial charge in [-0.1, -0.05) is 0 Å². The Morgan fingerprint density at radius 1 is 1.23 bits per heavy atom. The SMILES string of the molecule is Cc1cc(-n2cnnc2)ccc1N. The molecule has 0 bridgehead atoms. The highest BCUT2D eigenvalue weighted by Gasteiger charge is 1.98. The molecule has 0 aliphatic heterocycles. The lowest BCUT2D eigenvalue weighted by Gasteiger charge is -2.04. The Hall–Kier alpha value is -1.84. The number of benzene rings is 1. The Balaban J connectivity index is 2.49. The molecule has 2 aromatic rings. The molecular weight excluding hydrogens is 164 g/mol. The lowest BCUT2D eigenvalue weighted by molar-refractivity contribution is 1.05. The predicted octanol–water partition coefficient (Wildman–Crippen LogP) is 1.16. The Morgan fingerprint density at radius 3 is 2.54 bits per heavy atom. The van der Waals surface area contributed by atoms with E-state index in [1.807, 2.05) is 29.7 Å². The lowest BCUT2D eigenvalue weighted by Crippen LogP contribution is -1.94. The van der Waals surface area contributed by atoms with Crippen molar-refractivity contribution in [2.24, 2.45) is 0 Å². The summed E-state index contributed by atoms with van der Waals surface area (Å²) in [6, 6.07) is 5.81. The first-order chi connectivity index (χ1) is 6.27. The second-order valence-corrected chi connectivity index (χ2v) is 2.91. The van der Waals surface area contributed by atoms with Crippen molar-refractivity contribution in [1.29, 1.82) is 0 Å². The van der Waals surface area contributed by atoms with Gasteiger partial charge in [0.2, 0.25) is 0 Å². The molecule has 0 amide bonds. The van der Waals surface area contributed by atoms with Crippen LogP contribution in [-0.4, -0.2) is 14.8 Å². The highest BCUT2D eigenvalue weighted by molar-refractivity contribution is 5.51. The van der Waals surface area contributed by atoms with Gasteiger partial charge in [0.15, 0.2) is 0 Å². The van der Waals surface area contributed by atoms with Crippen LogP contribution in [0, 0.1) is 6.92 Å². The lowest BCUT2D eigenvalue weighted by atomic mass is 10.2. The van der Waals surface area contributed by atoms with Crippen molar-refractivity contribution in [3.63, 3.8) is 0 Å². The Kier molecular flexibility index (Phi) is 1.73. The molecular formula is C9H10N4. The van der Waals surface area contributed by atoms with Gasteiger partial charge >= 0.3 is 0 Å². The fourth-order valence-corrected chi connectivity index (χ4v) is 1.15. The molecule has 0 saturated heterocycles. The molecule has 2 N–H and O–H groups in total. The molecule has 1 aromatic carbocycles. The Labute approximate surface area is 76.0 Å². The van der Waals surface area contributed by atoms with Crippen molar-refractivity contribution >= 4 is 5.69 Å². The van der Waals surface area contributed by atoms with Crippen LogP contribution < -0.4 is 5.73 Å². The molecule has 2 rings (SSSR count). The summed E-state index contributed by atoms with van der Waals surface area (Å²) in [5, 5.41) is 7.46. The van der Waals surface area contributed by atoms with Crippen molar-refractivity contribution in [1.82, 2.24) is 14.8 Å². The van der Waals surface area contributed by atoms with E-state index in [2.05, 4.69) is 10.2 Å². The second kappa shape index (κ2) is 2.90. The highest BCUT2D eigenvalue weighted by atomic mass is 15.2. The van der Waals surface area contributed by atoms with Crippen molar-refractivity contribution in [3.8, 4) is 5.69 Å². The molecule has 13 heavy (non-hydrogen) atoms. The summed E-state index contributed by atoms with van der Waals surface area (Å²) in [6.45, 7) is 1.98. The van der Waals surface area contributed by atoms with Crippen LogP contribution in [0.3, 0.4) is 0 Å². The number of rotatable bonds is 1. The molecule has 0 aliphatic rings. The minimum Gasteiger partial charge on any atom is -0.399 e. The van der Waals surface area contributed by atoms with E-state index in [4.69, 9.17) is 5.73 Å². The van der Waals surface area contributed by atoms with Crippen LogP contribution >= 0.6 is 0 Å². The molecule has 0 fully saturated rings. The van der Waals surface area contributed by atoms with Crippen LogP contribution in [0.5, 0.6) is 0 Å². The van der Waals surface area contributed by atoms with Gasteiger partial charge in [0.05, 0.1) is 0 Å². The third kappa shape index (κ3) is 1.38. The quantitative estimate of drug-likeness (QED) is 0.660. The molecule has 1 heterocycles. The van der Waals surface area contributed by atoms with Gasteiger partial charge in [0.1, 0.15) is 12.7 Å². The number of aromatic nitrogens is 3. The minimum absolute atomic E-state index is 0.803. The first kappa shape index (κ1) is 7.79. The number of hydrogen-bond acceptors (Lipinski definition) is 3. The molecule has 4 heteroatoms. The molecule has 0 unspecified atom stereocenters. The normalized spacial score (nSPS) is 10.2. The largest absolute Gasteiger partial charge is 0.399 e. The van der Waals surface area contributed by atoms with Crippen LogP contribution in [0.15, 0.2) is 30.9 Å². The third-order valence-electron chi connectivity index (χ3n) is 1.97. The van der Waals surface area contributed by atoms with Gasteiger partial charge < -0.3 is 5.73 Å². The summed E-state index contributed by atoms with van der Waals surface area (Å²) in [5.74, 6) is 0. The molecule has 0 spiro atoms. The van der Waals surface area contributed by atoms with Crippen LogP contribution in [0.4, 0.5) is 5.69 Å². The van der Waals surface area contributed by atoms with E-state index in [0.717, 1.165) is 16.9 Å². The Morgan fingerprint density at radius 2 is 1.92 bits per heavy atom. The summed E-state index contributed by atoms with van der Waals surface area (Å²) < 4.78 is 1.84. The zero-order valence-electron chi connectivity index (χ0n) is 7.31. The maximum absolute atomic E-state index is 5.70. The van der Waals surface area contributed by atoms with E-state index in [0.29, 0.717) is 0 Å². The van der Waals surface area contributed by atoms with E-state index >= 15 is 0 Å². The molecule has 1 aromatic heterocycles. The number of anilines is 1. The van der Waals surface area contributed by atoms with Crippen molar-refractivity contribution < 1.29 is 0 Å². The highest BCUT2D eigenvalue weighted by Crippen LogP contribution is 2.15. The van der Waals surface area contributed by atoms with Gasteiger partial charge in [-0.05, 0) is 30.7 Å². The monoisotopic (exact) mass is 174 g/mol. The first-order valence-corrected chi connectivity index (χ1v) is 3.98. The number of hydrogen-bond donors (Lipinski definition) is 1. The molecule has 4 nitrogen and oxygen atoms in total. The molecule has 0 atom stereocenters. The van der Waals surface area contributed by atoms with Gasteiger partial charge in [-0.2, -0.15) is 0 Å². The van der Waals surface area contributed by atoms with E-state index in [1.165, 1.54) is 0 Å². The Bertz CT molecular complexity index is 406. The van der Waals surface area contributed by atoms with E-state index in [1.54, 1.807) is 12.7 Å². The van der Waals surface area contributed by atoms with Crippen LogP contribution in [0.25, 0.3) is 5.69 Å². The molecule has 66 valence electrons. The minimum atomic E-state index is 0.803. The maximum atomic E-state index is 5.70. The van der Waals surface area contributed by atoms with E-state index < -0.39 is 0 Å². The van der Waals surface area contributed by atoms with E-state index in [9.17, 15) is 0 Å². The molecule has 0 radical (unpaired) electrons. The maximum Gasteiger partial charge on any atom is 0.123 e. The van der Waals surface area contributed by atoms with Gasteiger partial charge in [-0.3, -0.25) is 4.57 Å². The summed E-state index contributed by atoms with van der Waals surface area (Å²) in [7, 11) is 0. The van der Waals surface area contributed by atoms with Gasteiger partial charge in [-0.25, -0.2) is 0 Å². The first-order valence-electron chi connectivity index (χ1n) is 3.98. The van der Waals surface area contributed by atoms with Crippen molar-refractivity contribution in [3.05, 3.63) is 36.4 Å². The zero-order valence-corrected chi connectivity index (χ0v) is 7.31. The standard InChI is InChI=1S/C9H10N4/c1-7-4-8(2-3-9(7)10)13-5-11-12-6-13/h2-6H,10H2,1H3. The smallest absolute Gasteiger partial charge is 0.123 e. The summed E-state index contributed by atoms with van der Waals surface area (Å²) in [4.78, 5) is 0. The molecule has 0 saturated carbocycles. The predicted molar refractivity (Wildman–Crippen MR) is 50.5 cm³/mol. The van der Waals surface area contributed by atoms with Crippen LogP contribution in [0.2, 0.25) is 0 Å². The number of nitrogens with two attached hydrogens (primary N) is 1. The van der Waals surface area contributed by atoms with Crippen LogP contribution in [0.1, 0.15) is 5.56 Å². The third-order valence-corrected chi connectivity index (χ3v) is 1.97. The summed E-state index contributed by atoms with van der Waals surface area (Å²) in [6.07, 6.45) is 3.32. The van der Waals surface area contributed by atoms with Crippen molar-refractivity contribution in [2.45, 2.75) is 6.92 Å². The topological polar surface area (TPSA) is 56.7 Å². The zero-order chi connectivity index (χ0) is 9.26. The van der Waals surface area contributed by atoms with Crippen LogP contribution in [-0.2, 0) is 0 Å². The summed E-state index contributed by atoms with van der Waals surface area (Å²) in [5.41, 5.74) is 8.59. The fraction of sp³-hybridized carbons (Fsp3) is 0.111. The molecule has 0 aliphatic carbocycles. The number of aryl methyl sites for hydroxylation is 1. The van der Waals surface area contributed by atoms with Gasteiger partial charge in [0, 0.05) is 11.4 Å².